The van der Waals surface area contributed by atoms with Crippen LogP contribution in [0.25, 0.3) is 0 Å². The van der Waals surface area contributed by atoms with Crippen LogP contribution in [0.3, 0.4) is 0 Å². The van der Waals surface area contributed by atoms with Crippen molar-refractivity contribution >= 4 is 11.6 Å². The first-order valence-electron chi connectivity index (χ1n) is 4.61. The van der Waals surface area contributed by atoms with Gasteiger partial charge in [0.15, 0.2) is 0 Å². The zero-order valence-electron chi connectivity index (χ0n) is 7.79. The van der Waals surface area contributed by atoms with Crippen molar-refractivity contribution in [2.24, 2.45) is 11.5 Å². The Morgan fingerprint density at radius 2 is 2.29 bits per heavy atom. The quantitative estimate of drug-likeness (QED) is 0.608. The lowest BCUT2D eigenvalue weighted by Gasteiger charge is -2.23. The van der Waals surface area contributed by atoms with Gasteiger partial charge in [-0.25, -0.2) is 0 Å². The molecule has 1 heterocycles. The van der Waals surface area contributed by atoms with Gasteiger partial charge in [0.05, 0.1) is 0 Å². The maximum atomic E-state index is 10.9. The molecule has 0 spiro atoms. The Bertz CT molecular complexity index is 376. The molecule has 0 saturated carbocycles. The van der Waals surface area contributed by atoms with Crippen LogP contribution < -0.4 is 16.8 Å². The first-order valence-corrected chi connectivity index (χ1v) is 4.61. The molecule has 1 amide bonds. The molecule has 4 nitrogen and oxygen atoms in total. The first kappa shape index (κ1) is 9.02. The van der Waals surface area contributed by atoms with E-state index in [2.05, 4.69) is 5.32 Å². The second-order valence-corrected chi connectivity index (χ2v) is 3.49. The highest BCUT2D eigenvalue weighted by atomic mass is 16.1. The van der Waals surface area contributed by atoms with Crippen molar-refractivity contribution in [3.8, 4) is 0 Å². The number of rotatable bonds is 1. The van der Waals surface area contributed by atoms with Gasteiger partial charge in [0.1, 0.15) is 0 Å². The Morgan fingerprint density at radius 1 is 1.50 bits per heavy atom. The van der Waals surface area contributed by atoms with Gasteiger partial charge in [-0.15, -0.1) is 0 Å². The first-order chi connectivity index (χ1) is 6.68. The smallest absolute Gasteiger partial charge is 0.248 e. The van der Waals surface area contributed by atoms with Crippen LogP contribution in [0.2, 0.25) is 0 Å². The van der Waals surface area contributed by atoms with E-state index in [1.807, 2.05) is 6.07 Å². The van der Waals surface area contributed by atoms with Gasteiger partial charge in [-0.05, 0) is 24.1 Å². The number of carbonyl (C=O) groups excluding carboxylic acids is 1. The summed E-state index contributed by atoms with van der Waals surface area (Å²) < 4.78 is 0. The fraction of sp³-hybridized carbons (Fsp3) is 0.300. The fourth-order valence-electron chi connectivity index (χ4n) is 1.70. The second kappa shape index (κ2) is 3.31. The number of nitrogens with one attached hydrogen (secondary N) is 1. The molecule has 2 rings (SSSR count). The van der Waals surface area contributed by atoms with Gasteiger partial charge >= 0.3 is 0 Å². The van der Waals surface area contributed by atoms with Crippen LogP contribution in [0.1, 0.15) is 28.4 Å². The van der Waals surface area contributed by atoms with E-state index in [-0.39, 0.29) is 6.04 Å². The molecule has 14 heavy (non-hydrogen) atoms. The number of hydrogen-bond donors (Lipinski definition) is 3. The summed E-state index contributed by atoms with van der Waals surface area (Å²) in [7, 11) is 0. The number of carbonyl (C=O) groups is 1. The van der Waals surface area contributed by atoms with Crippen LogP contribution in [-0.4, -0.2) is 12.5 Å². The number of amides is 1. The normalized spacial score (nSPS) is 19.6. The lowest BCUT2D eigenvalue weighted by atomic mass is 9.97. The summed E-state index contributed by atoms with van der Waals surface area (Å²) in [6.45, 7) is 0.844. The highest BCUT2D eigenvalue weighted by Gasteiger charge is 2.16. The van der Waals surface area contributed by atoms with E-state index in [4.69, 9.17) is 11.5 Å². The molecule has 1 aromatic rings. The summed E-state index contributed by atoms with van der Waals surface area (Å²) in [5.74, 6) is -0.409. The third kappa shape index (κ3) is 1.44. The summed E-state index contributed by atoms with van der Waals surface area (Å²) >= 11 is 0. The van der Waals surface area contributed by atoms with Gasteiger partial charge in [-0.2, -0.15) is 0 Å². The zero-order chi connectivity index (χ0) is 10.1. The molecule has 1 aliphatic rings. The summed E-state index contributed by atoms with van der Waals surface area (Å²) in [5, 5.41) is 3.20. The molecular weight excluding hydrogens is 178 g/mol. The Kier molecular flexibility index (Phi) is 2.13. The third-order valence-corrected chi connectivity index (χ3v) is 2.51. The predicted octanol–water partition coefficient (Wildman–Crippen LogP) is 0.601. The number of benzene rings is 1. The van der Waals surface area contributed by atoms with E-state index in [9.17, 15) is 4.79 Å². The van der Waals surface area contributed by atoms with Crippen molar-refractivity contribution in [1.82, 2.24) is 0 Å². The van der Waals surface area contributed by atoms with Crippen LogP contribution >= 0.6 is 0 Å². The van der Waals surface area contributed by atoms with Crippen molar-refractivity contribution < 1.29 is 4.79 Å². The van der Waals surface area contributed by atoms with Gasteiger partial charge in [0.25, 0.3) is 0 Å². The summed E-state index contributed by atoms with van der Waals surface area (Å²) in [5.41, 5.74) is 13.6. The Hall–Kier alpha value is -1.55. The van der Waals surface area contributed by atoms with Crippen molar-refractivity contribution in [3.05, 3.63) is 29.3 Å². The van der Waals surface area contributed by atoms with E-state index in [0.29, 0.717) is 5.56 Å². The topological polar surface area (TPSA) is 81.1 Å². The molecule has 1 aliphatic heterocycles. The second-order valence-electron chi connectivity index (χ2n) is 3.49. The SMILES string of the molecule is NC(=O)c1ccc2c(c1)NCC[C@@H]2N. The van der Waals surface area contributed by atoms with E-state index >= 15 is 0 Å². The molecule has 0 unspecified atom stereocenters. The molecule has 0 radical (unpaired) electrons. The summed E-state index contributed by atoms with van der Waals surface area (Å²) in [6.07, 6.45) is 0.920. The maximum absolute atomic E-state index is 10.9. The number of primary amides is 1. The lowest BCUT2D eigenvalue weighted by Crippen LogP contribution is -2.23. The van der Waals surface area contributed by atoms with E-state index < -0.39 is 5.91 Å². The van der Waals surface area contributed by atoms with E-state index in [1.54, 1.807) is 12.1 Å². The Labute approximate surface area is 82.3 Å². The molecule has 5 N–H and O–H groups in total. The summed E-state index contributed by atoms with van der Waals surface area (Å²) in [4.78, 5) is 10.9. The van der Waals surface area contributed by atoms with Crippen molar-refractivity contribution in [1.29, 1.82) is 0 Å². The van der Waals surface area contributed by atoms with E-state index in [0.717, 1.165) is 24.2 Å². The minimum absolute atomic E-state index is 0.0631. The number of fused-ring (bicyclic) bond motifs is 1. The Balaban J connectivity index is 2.44. The van der Waals surface area contributed by atoms with Crippen LogP contribution in [0.5, 0.6) is 0 Å². The molecule has 0 bridgehead atoms. The fourth-order valence-corrected chi connectivity index (χ4v) is 1.70. The molecule has 0 aromatic heterocycles. The third-order valence-electron chi connectivity index (χ3n) is 2.51. The van der Waals surface area contributed by atoms with Gasteiger partial charge in [-0.3, -0.25) is 4.79 Å². The van der Waals surface area contributed by atoms with Gasteiger partial charge < -0.3 is 16.8 Å². The van der Waals surface area contributed by atoms with Crippen LogP contribution in [0.15, 0.2) is 18.2 Å². The van der Waals surface area contributed by atoms with Gasteiger partial charge in [0.2, 0.25) is 5.91 Å². The highest BCUT2D eigenvalue weighted by Crippen LogP contribution is 2.28. The van der Waals surface area contributed by atoms with Crippen molar-refractivity contribution in [2.75, 3.05) is 11.9 Å². The van der Waals surface area contributed by atoms with Gasteiger partial charge in [-0.1, -0.05) is 6.07 Å². The Morgan fingerprint density at radius 3 is 3.00 bits per heavy atom. The molecule has 1 aromatic carbocycles. The molecule has 0 aliphatic carbocycles. The highest BCUT2D eigenvalue weighted by molar-refractivity contribution is 5.94. The largest absolute Gasteiger partial charge is 0.385 e. The van der Waals surface area contributed by atoms with E-state index in [1.165, 1.54) is 0 Å². The molecule has 0 fully saturated rings. The van der Waals surface area contributed by atoms with Crippen LogP contribution in [0.4, 0.5) is 5.69 Å². The number of hydrogen-bond acceptors (Lipinski definition) is 3. The predicted molar refractivity (Wildman–Crippen MR) is 55.0 cm³/mol. The zero-order valence-corrected chi connectivity index (χ0v) is 7.79. The molecular formula is C10H13N3O. The van der Waals surface area contributed by atoms with Crippen LogP contribution in [-0.2, 0) is 0 Å². The standard InChI is InChI=1S/C10H13N3O/c11-8-3-4-13-9-5-6(10(12)14)1-2-7(8)9/h1-2,5,8,13H,3-4,11H2,(H2,12,14)/t8-/m0/s1. The molecule has 4 heteroatoms. The van der Waals surface area contributed by atoms with Crippen molar-refractivity contribution in [2.45, 2.75) is 12.5 Å². The maximum Gasteiger partial charge on any atom is 0.248 e. The monoisotopic (exact) mass is 191 g/mol. The summed E-state index contributed by atoms with van der Waals surface area (Å²) in [6, 6.07) is 5.41. The number of nitrogens with two attached hydrogens (primary N) is 2. The molecule has 74 valence electrons. The molecule has 0 saturated heterocycles. The average Bonchev–Trinajstić information content (AvgIpc) is 2.17. The van der Waals surface area contributed by atoms with Crippen LogP contribution in [0, 0.1) is 0 Å². The van der Waals surface area contributed by atoms with Crippen molar-refractivity contribution in [3.63, 3.8) is 0 Å². The minimum atomic E-state index is -0.409. The average molecular weight is 191 g/mol. The van der Waals surface area contributed by atoms with Gasteiger partial charge in [0, 0.05) is 23.8 Å². The molecule has 1 atom stereocenters. The lowest BCUT2D eigenvalue weighted by molar-refractivity contribution is 0.100. The minimum Gasteiger partial charge on any atom is -0.385 e. The number of anilines is 1.